The Balaban J connectivity index is 2.92. The highest BCUT2D eigenvalue weighted by molar-refractivity contribution is 5.81. The Morgan fingerprint density at radius 1 is 1.38 bits per heavy atom. The molecule has 1 unspecified atom stereocenters. The van der Waals surface area contributed by atoms with Gasteiger partial charge < -0.3 is 4.90 Å². The molecule has 3 nitrogen and oxygen atoms in total. The molecule has 0 aromatic carbocycles. The van der Waals surface area contributed by atoms with Gasteiger partial charge in [0.25, 0.3) is 0 Å². The van der Waals surface area contributed by atoms with Crippen molar-refractivity contribution in [1.82, 2.24) is 10.2 Å². The van der Waals surface area contributed by atoms with Crippen molar-refractivity contribution in [2.24, 2.45) is 5.92 Å². The lowest BCUT2D eigenvalue weighted by Gasteiger charge is -2.41. The number of nitrogens with zero attached hydrogens (tertiary/aromatic N) is 1. The molecule has 1 fully saturated rings. The lowest BCUT2D eigenvalue weighted by atomic mass is 9.96. The van der Waals surface area contributed by atoms with Gasteiger partial charge in [-0.3, -0.25) is 10.1 Å². The number of carbonyl (C=O) groups is 1. The number of carbonyl (C=O) groups excluding carboxylic acids is 1. The van der Waals surface area contributed by atoms with Crippen molar-refractivity contribution < 1.29 is 4.79 Å². The second-order valence-electron chi connectivity index (χ2n) is 4.51. The molecule has 1 aliphatic rings. The Morgan fingerprint density at radius 2 is 1.92 bits per heavy atom. The van der Waals surface area contributed by atoms with Gasteiger partial charge >= 0.3 is 0 Å². The molecule has 1 rings (SSSR count). The van der Waals surface area contributed by atoms with Crippen LogP contribution in [0.1, 0.15) is 34.6 Å². The molecule has 1 N–H and O–H groups in total. The topological polar surface area (TPSA) is 32.3 Å². The number of hydrogen-bond donors (Lipinski definition) is 1. The zero-order valence-electron chi connectivity index (χ0n) is 9.22. The molecule has 1 saturated heterocycles. The number of amides is 1. The first kappa shape index (κ1) is 10.5. The van der Waals surface area contributed by atoms with Crippen molar-refractivity contribution in [2.75, 3.05) is 6.54 Å². The summed E-state index contributed by atoms with van der Waals surface area (Å²) in [5.74, 6) is 0.646. The Bertz CT molecular complexity index is 213. The Hall–Kier alpha value is -0.570. The lowest BCUT2D eigenvalue weighted by molar-refractivity contribution is -0.133. The normalized spacial score (nSPS) is 29.5. The fourth-order valence-electron chi connectivity index (χ4n) is 1.99. The molecule has 1 aliphatic heterocycles. The van der Waals surface area contributed by atoms with Crippen molar-refractivity contribution in [2.45, 2.75) is 46.3 Å². The van der Waals surface area contributed by atoms with E-state index in [9.17, 15) is 4.79 Å². The molecule has 1 heterocycles. The van der Waals surface area contributed by atoms with Crippen molar-refractivity contribution in [1.29, 1.82) is 0 Å². The van der Waals surface area contributed by atoms with Gasteiger partial charge in [-0.2, -0.15) is 0 Å². The van der Waals surface area contributed by atoms with Crippen LogP contribution in [0.25, 0.3) is 0 Å². The summed E-state index contributed by atoms with van der Waals surface area (Å²) in [4.78, 5) is 13.6. The van der Waals surface area contributed by atoms with Crippen LogP contribution in [-0.4, -0.2) is 29.1 Å². The first-order valence-electron chi connectivity index (χ1n) is 4.96. The summed E-state index contributed by atoms with van der Waals surface area (Å²) in [6.07, 6.45) is 0. The molecular weight excluding hydrogens is 164 g/mol. The number of hydrogen-bond acceptors (Lipinski definition) is 2. The summed E-state index contributed by atoms with van der Waals surface area (Å²) in [6, 6.07) is 0.273. The summed E-state index contributed by atoms with van der Waals surface area (Å²) in [5, 5.41) is 3.29. The van der Waals surface area contributed by atoms with Crippen molar-refractivity contribution >= 4 is 5.91 Å². The van der Waals surface area contributed by atoms with E-state index in [1.165, 1.54) is 0 Å². The molecular formula is C10H20N2O. The fourth-order valence-corrected chi connectivity index (χ4v) is 1.99. The third-order valence-corrected chi connectivity index (χ3v) is 3.01. The standard InChI is InChI=1S/C10H20N2O/c1-7(2)10(5)11-6-9(13)12(10)8(3)4/h7-8,11H,6H2,1-5H3. The second-order valence-corrected chi connectivity index (χ2v) is 4.51. The minimum atomic E-state index is -0.161. The van der Waals surface area contributed by atoms with E-state index in [1.54, 1.807) is 0 Å². The maximum atomic E-state index is 11.6. The van der Waals surface area contributed by atoms with E-state index in [1.807, 2.05) is 4.90 Å². The highest BCUT2D eigenvalue weighted by atomic mass is 16.2. The molecule has 0 aromatic rings. The van der Waals surface area contributed by atoms with Gasteiger partial charge in [-0.15, -0.1) is 0 Å². The monoisotopic (exact) mass is 184 g/mol. The van der Waals surface area contributed by atoms with Crippen LogP contribution in [0.15, 0.2) is 0 Å². The van der Waals surface area contributed by atoms with E-state index in [-0.39, 0.29) is 17.6 Å². The fraction of sp³-hybridized carbons (Fsp3) is 0.900. The second kappa shape index (κ2) is 3.29. The minimum absolute atomic E-state index is 0.161. The zero-order chi connectivity index (χ0) is 10.2. The smallest absolute Gasteiger partial charge is 0.238 e. The largest absolute Gasteiger partial charge is 0.321 e. The lowest BCUT2D eigenvalue weighted by Crippen LogP contribution is -2.56. The van der Waals surface area contributed by atoms with E-state index in [0.29, 0.717) is 12.5 Å². The van der Waals surface area contributed by atoms with Crippen LogP contribution >= 0.6 is 0 Å². The van der Waals surface area contributed by atoms with Crippen LogP contribution in [-0.2, 0) is 4.79 Å². The van der Waals surface area contributed by atoms with Gasteiger partial charge in [-0.1, -0.05) is 13.8 Å². The van der Waals surface area contributed by atoms with Crippen LogP contribution < -0.4 is 5.32 Å². The Kier molecular flexibility index (Phi) is 2.66. The average molecular weight is 184 g/mol. The third kappa shape index (κ3) is 1.57. The summed E-state index contributed by atoms with van der Waals surface area (Å²) in [7, 11) is 0. The SMILES string of the molecule is CC(C)N1C(=O)CNC1(C)C(C)C. The van der Waals surface area contributed by atoms with Gasteiger partial charge in [0, 0.05) is 6.04 Å². The molecule has 0 aliphatic carbocycles. The third-order valence-electron chi connectivity index (χ3n) is 3.01. The maximum Gasteiger partial charge on any atom is 0.238 e. The summed E-state index contributed by atoms with van der Waals surface area (Å²) in [6.45, 7) is 11.0. The molecule has 3 heteroatoms. The van der Waals surface area contributed by atoms with Gasteiger partial charge in [0.2, 0.25) is 5.91 Å². The van der Waals surface area contributed by atoms with Gasteiger partial charge in [-0.05, 0) is 26.7 Å². The minimum Gasteiger partial charge on any atom is -0.321 e. The first-order valence-corrected chi connectivity index (χ1v) is 4.96. The molecule has 0 bridgehead atoms. The Labute approximate surface area is 80.5 Å². The molecule has 0 aromatic heterocycles. The predicted molar refractivity (Wildman–Crippen MR) is 53.2 cm³/mol. The maximum absolute atomic E-state index is 11.6. The molecule has 13 heavy (non-hydrogen) atoms. The summed E-state index contributed by atoms with van der Waals surface area (Å²) >= 11 is 0. The molecule has 1 amide bonds. The van der Waals surface area contributed by atoms with E-state index < -0.39 is 0 Å². The number of rotatable bonds is 2. The zero-order valence-corrected chi connectivity index (χ0v) is 9.22. The van der Waals surface area contributed by atoms with Crippen LogP contribution in [0, 0.1) is 5.92 Å². The van der Waals surface area contributed by atoms with Crippen molar-refractivity contribution in [3.05, 3.63) is 0 Å². The molecule has 76 valence electrons. The number of nitrogens with one attached hydrogen (secondary N) is 1. The van der Waals surface area contributed by atoms with Crippen LogP contribution in [0.3, 0.4) is 0 Å². The van der Waals surface area contributed by atoms with Gasteiger partial charge in [0.05, 0.1) is 12.2 Å². The summed E-state index contributed by atoms with van der Waals surface area (Å²) in [5.41, 5.74) is -0.161. The van der Waals surface area contributed by atoms with Crippen LogP contribution in [0.4, 0.5) is 0 Å². The predicted octanol–water partition coefficient (Wildman–Crippen LogP) is 1.20. The molecule has 1 atom stereocenters. The first-order chi connectivity index (χ1) is 5.89. The van der Waals surface area contributed by atoms with E-state index in [2.05, 4.69) is 39.9 Å². The van der Waals surface area contributed by atoms with Gasteiger partial charge in [0.15, 0.2) is 0 Å². The Morgan fingerprint density at radius 3 is 2.23 bits per heavy atom. The van der Waals surface area contributed by atoms with Gasteiger partial charge in [0.1, 0.15) is 0 Å². The van der Waals surface area contributed by atoms with E-state index in [4.69, 9.17) is 0 Å². The molecule has 0 radical (unpaired) electrons. The average Bonchev–Trinajstić information content (AvgIpc) is 2.28. The summed E-state index contributed by atoms with van der Waals surface area (Å²) < 4.78 is 0. The molecule has 0 spiro atoms. The van der Waals surface area contributed by atoms with E-state index in [0.717, 1.165) is 0 Å². The van der Waals surface area contributed by atoms with Crippen molar-refractivity contribution in [3.63, 3.8) is 0 Å². The molecule has 0 saturated carbocycles. The van der Waals surface area contributed by atoms with Crippen LogP contribution in [0.2, 0.25) is 0 Å². The van der Waals surface area contributed by atoms with Crippen molar-refractivity contribution in [3.8, 4) is 0 Å². The highest BCUT2D eigenvalue weighted by Crippen LogP contribution is 2.27. The highest BCUT2D eigenvalue weighted by Gasteiger charge is 2.44. The van der Waals surface area contributed by atoms with Crippen LogP contribution in [0.5, 0.6) is 0 Å². The van der Waals surface area contributed by atoms with Gasteiger partial charge in [-0.25, -0.2) is 0 Å². The van der Waals surface area contributed by atoms with E-state index >= 15 is 0 Å². The quantitative estimate of drug-likeness (QED) is 0.699.